The van der Waals surface area contributed by atoms with Gasteiger partial charge in [-0.15, -0.1) is 10.2 Å². The largest absolute Gasteiger partial charge is 0.470 e. The molecule has 0 N–H and O–H groups in total. The number of aryl methyl sites for hydroxylation is 1. The second-order valence-corrected chi connectivity index (χ2v) is 6.08. The number of carbonyl (C=O) groups is 1. The lowest BCUT2D eigenvalue weighted by molar-refractivity contribution is -0.157. The van der Waals surface area contributed by atoms with Crippen molar-refractivity contribution in [3.05, 3.63) is 47.7 Å². The molecule has 25 heavy (non-hydrogen) atoms. The number of likely N-dealkylation sites (tertiary alicyclic amines) is 1. The minimum atomic E-state index is -4.63. The van der Waals surface area contributed by atoms with Crippen LogP contribution in [-0.4, -0.2) is 34.1 Å². The Kier molecular flexibility index (Phi) is 5.06. The van der Waals surface area contributed by atoms with Gasteiger partial charge in [0.25, 0.3) is 0 Å². The fraction of sp³-hybridized carbons (Fsp3) is 0.471. The van der Waals surface area contributed by atoms with Gasteiger partial charge < -0.3 is 9.32 Å². The molecular weight excluding hydrogens is 335 g/mol. The van der Waals surface area contributed by atoms with E-state index >= 15 is 0 Å². The Morgan fingerprint density at radius 3 is 2.44 bits per heavy atom. The van der Waals surface area contributed by atoms with Crippen LogP contribution in [0.3, 0.4) is 0 Å². The molecule has 3 rings (SSSR count). The summed E-state index contributed by atoms with van der Waals surface area (Å²) >= 11 is 0. The Balaban J connectivity index is 1.50. The van der Waals surface area contributed by atoms with E-state index in [0.717, 1.165) is 5.56 Å². The van der Waals surface area contributed by atoms with Crippen LogP contribution < -0.4 is 0 Å². The molecule has 1 aromatic heterocycles. The Bertz CT molecular complexity index is 707. The first-order valence-electron chi connectivity index (χ1n) is 8.16. The first-order chi connectivity index (χ1) is 11.9. The van der Waals surface area contributed by atoms with Crippen molar-refractivity contribution >= 4 is 5.91 Å². The molecular formula is C17H18F3N3O2. The van der Waals surface area contributed by atoms with Gasteiger partial charge in [-0.2, -0.15) is 13.2 Å². The highest BCUT2D eigenvalue weighted by atomic mass is 19.4. The summed E-state index contributed by atoms with van der Waals surface area (Å²) in [4.78, 5) is 14.0. The van der Waals surface area contributed by atoms with Crippen molar-refractivity contribution < 1.29 is 22.4 Å². The number of alkyl halides is 3. The predicted octanol–water partition coefficient (Wildman–Crippen LogP) is 3.43. The topological polar surface area (TPSA) is 59.2 Å². The molecule has 1 aromatic carbocycles. The van der Waals surface area contributed by atoms with Crippen LogP contribution in [0.5, 0.6) is 0 Å². The van der Waals surface area contributed by atoms with Crippen molar-refractivity contribution in [1.82, 2.24) is 15.1 Å². The van der Waals surface area contributed by atoms with Crippen molar-refractivity contribution in [3.8, 4) is 0 Å². The van der Waals surface area contributed by atoms with Crippen LogP contribution in [0, 0.1) is 0 Å². The zero-order valence-electron chi connectivity index (χ0n) is 13.5. The molecule has 0 saturated carbocycles. The van der Waals surface area contributed by atoms with Gasteiger partial charge >= 0.3 is 12.1 Å². The van der Waals surface area contributed by atoms with E-state index in [4.69, 9.17) is 4.42 Å². The molecule has 1 amide bonds. The molecule has 0 spiro atoms. The highest BCUT2D eigenvalue weighted by Crippen LogP contribution is 2.32. The van der Waals surface area contributed by atoms with E-state index in [2.05, 4.69) is 10.2 Å². The molecule has 5 nitrogen and oxygen atoms in total. The summed E-state index contributed by atoms with van der Waals surface area (Å²) in [6, 6.07) is 9.76. The van der Waals surface area contributed by atoms with Gasteiger partial charge in [-0.05, 0) is 24.8 Å². The number of benzene rings is 1. The summed E-state index contributed by atoms with van der Waals surface area (Å²) in [5.74, 6) is -1.49. The number of halogens is 3. The second-order valence-electron chi connectivity index (χ2n) is 6.08. The summed E-state index contributed by atoms with van der Waals surface area (Å²) in [7, 11) is 0. The van der Waals surface area contributed by atoms with Crippen LogP contribution in [0.2, 0.25) is 0 Å². The van der Waals surface area contributed by atoms with Gasteiger partial charge in [0.1, 0.15) is 0 Å². The average Bonchev–Trinajstić information content (AvgIpc) is 3.11. The van der Waals surface area contributed by atoms with Crippen molar-refractivity contribution in [2.24, 2.45) is 0 Å². The van der Waals surface area contributed by atoms with E-state index in [1.54, 1.807) is 4.90 Å². The first kappa shape index (κ1) is 17.4. The van der Waals surface area contributed by atoms with Crippen LogP contribution in [0.4, 0.5) is 13.2 Å². The maximum atomic E-state index is 12.5. The zero-order valence-corrected chi connectivity index (χ0v) is 13.5. The fourth-order valence-corrected chi connectivity index (χ4v) is 2.94. The third kappa shape index (κ3) is 4.37. The highest BCUT2D eigenvalue weighted by molar-refractivity contribution is 5.76. The molecule has 8 heteroatoms. The van der Waals surface area contributed by atoms with E-state index in [1.807, 2.05) is 30.3 Å². The quantitative estimate of drug-likeness (QED) is 0.845. The number of rotatable bonds is 4. The maximum absolute atomic E-state index is 12.5. The third-order valence-corrected chi connectivity index (χ3v) is 4.35. The minimum Gasteiger partial charge on any atom is -0.417 e. The first-order valence-corrected chi connectivity index (χ1v) is 8.16. The Hall–Kier alpha value is -2.38. The molecule has 2 aromatic rings. The number of aromatic nitrogens is 2. The van der Waals surface area contributed by atoms with Crippen molar-refractivity contribution in [1.29, 1.82) is 0 Å². The van der Waals surface area contributed by atoms with E-state index in [9.17, 15) is 18.0 Å². The van der Waals surface area contributed by atoms with Crippen LogP contribution in [0.1, 0.15) is 42.5 Å². The zero-order chi connectivity index (χ0) is 17.9. The lowest BCUT2D eigenvalue weighted by Gasteiger charge is -2.30. The lowest BCUT2D eigenvalue weighted by Crippen LogP contribution is -2.38. The molecule has 1 fully saturated rings. The van der Waals surface area contributed by atoms with Gasteiger partial charge in [0, 0.05) is 25.4 Å². The van der Waals surface area contributed by atoms with Gasteiger partial charge in [-0.3, -0.25) is 4.79 Å². The molecule has 1 aliphatic heterocycles. The van der Waals surface area contributed by atoms with Crippen LogP contribution in [0.25, 0.3) is 0 Å². The highest BCUT2D eigenvalue weighted by Gasteiger charge is 2.39. The minimum absolute atomic E-state index is 0.00343. The molecule has 134 valence electrons. The number of carbonyl (C=O) groups excluding carboxylic acids is 1. The van der Waals surface area contributed by atoms with Crippen molar-refractivity contribution in [2.75, 3.05) is 13.1 Å². The monoisotopic (exact) mass is 353 g/mol. The fourth-order valence-electron chi connectivity index (χ4n) is 2.94. The molecule has 0 bridgehead atoms. The van der Waals surface area contributed by atoms with E-state index in [-0.39, 0.29) is 17.7 Å². The van der Waals surface area contributed by atoms with Gasteiger partial charge in [0.05, 0.1) is 0 Å². The number of hydrogen-bond acceptors (Lipinski definition) is 4. The number of amides is 1. The predicted molar refractivity (Wildman–Crippen MR) is 82.6 cm³/mol. The second kappa shape index (κ2) is 7.25. The van der Waals surface area contributed by atoms with E-state index < -0.39 is 12.1 Å². The van der Waals surface area contributed by atoms with Crippen LogP contribution in [-0.2, 0) is 17.4 Å². The summed E-state index contributed by atoms with van der Waals surface area (Å²) in [6.45, 7) is 0.976. The van der Waals surface area contributed by atoms with Gasteiger partial charge in [-0.1, -0.05) is 30.3 Å². The van der Waals surface area contributed by atoms with Gasteiger partial charge in [0.15, 0.2) is 0 Å². The summed E-state index contributed by atoms with van der Waals surface area (Å²) < 4.78 is 42.3. The summed E-state index contributed by atoms with van der Waals surface area (Å²) in [6.07, 6.45) is -2.47. The Labute approximate surface area is 142 Å². The molecule has 0 unspecified atom stereocenters. The van der Waals surface area contributed by atoms with Gasteiger partial charge in [-0.25, -0.2) is 0 Å². The van der Waals surface area contributed by atoms with Crippen LogP contribution >= 0.6 is 0 Å². The average molecular weight is 353 g/mol. The smallest absolute Gasteiger partial charge is 0.417 e. The third-order valence-electron chi connectivity index (χ3n) is 4.35. The van der Waals surface area contributed by atoms with Crippen molar-refractivity contribution in [2.45, 2.75) is 37.8 Å². The molecule has 1 aliphatic rings. The standard InChI is InChI=1S/C17H18F3N3O2/c18-17(19,20)16-22-21-15(25-16)13-8-10-23(11-9-13)14(24)7-6-12-4-2-1-3-5-12/h1-5,13H,6-11H2. The van der Waals surface area contributed by atoms with Crippen molar-refractivity contribution in [3.63, 3.8) is 0 Å². The molecule has 1 saturated heterocycles. The van der Waals surface area contributed by atoms with E-state index in [1.165, 1.54) is 0 Å². The number of hydrogen-bond donors (Lipinski definition) is 0. The molecule has 0 aliphatic carbocycles. The van der Waals surface area contributed by atoms with Crippen LogP contribution in [0.15, 0.2) is 34.7 Å². The Morgan fingerprint density at radius 1 is 1.16 bits per heavy atom. The normalized spacial score (nSPS) is 16.2. The number of nitrogens with zero attached hydrogens (tertiary/aromatic N) is 3. The number of piperidine rings is 1. The maximum Gasteiger partial charge on any atom is 0.470 e. The SMILES string of the molecule is O=C(CCc1ccccc1)N1CCC(c2nnc(C(F)(F)F)o2)CC1. The summed E-state index contributed by atoms with van der Waals surface area (Å²) in [5, 5.41) is 6.57. The molecule has 0 radical (unpaired) electrons. The van der Waals surface area contributed by atoms with E-state index in [0.29, 0.717) is 38.8 Å². The van der Waals surface area contributed by atoms with Gasteiger partial charge in [0.2, 0.25) is 11.8 Å². The molecule has 0 atom stereocenters. The lowest BCUT2D eigenvalue weighted by atomic mass is 9.96. The summed E-state index contributed by atoms with van der Waals surface area (Å²) in [5.41, 5.74) is 1.11. The Morgan fingerprint density at radius 2 is 1.84 bits per heavy atom. The molecule has 2 heterocycles.